The third-order valence-electron chi connectivity index (χ3n) is 3.54. The predicted octanol–water partition coefficient (Wildman–Crippen LogP) is 2.10. The maximum atomic E-state index is 11.7. The van der Waals surface area contributed by atoms with E-state index in [0.717, 1.165) is 17.0 Å². The van der Waals surface area contributed by atoms with Crippen molar-refractivity contribution in [2.24, 2.45) is 4.99 Å². The van der Waals surface area contributed by atoms with Crippen molar-refractivity contribution in [3.8, 4) is 0 Å². The van der Waals surface area contributed by atoms with Gasteiger partial charge in [0.05, 0.1) is 11.4 Å². The van der Waals surface area contributed by atoms with E-state index in [4.69, 9.17) is 0 Å². The quantitative estimate of drug-likeness (QED) is 0.302. The fraction of sp³-hybridized carbons (Fsp3) is 0.375. The van der Waals surface area contributed by atoms with Crippen LogP contribution in [-0.4, -0.2) is 33.5 Å². The molecule has 0 atom stereocenters. The summed E-state index contributed by atoms with van der Waals surface area (Å²) in [6.07, 6.45) is 2.89. The second-order valence-electron chi connectivity index (χ2n) is 5.20. The van der Waals surface area contributed by atoms with Crippen LogP contribution in [0.15, 0.2) is 40.4 Å². The number of rotatable bonds is 7. The number of guanidine groups is 1. The number of sulfonamides is 1. The van der Waals surface area contributed by atoms with Crippen LogP contribution >= 0.6 is 35.3 Å². The molecule has 0 saturated heterocycles. The zero-order valence-corrected chi connectivity index (χ0v) is 18.9. The van der Waals surface area contributed by atoms with Gasteiger partial charge in [-0.05, 0) is 31.2 Å². The monoisotopic (exact) mass is 509 g/mol. The van der Waals surface area contributed by atoms with E-state index in [0.29, 0.717) is 19.0 Å². The van der Waals surface area contributed by atoms with Gasteiger partial charge in [0, 0.05) is 24.7 Å². The summed E-state index contributed by atoms with van der Waals surface area (Å²) in [7, 11) is -0.302. The van der Waals surface area contributed by atoms with Crippen LogP contribution in [0, 0.1) is 0 Å². The molecule has 0 unspecified atom stereocenters. The highest BCUT2D eigenvalue weighted by Crippen LogP contribution is 2.13. The van der Waals surface area contributed by atoms with E-state index >= 15 is 0 Å². The van der Waals surface area contributed by atoms with Gasteiger partial charge >= 0.3 is 0 Å². The van der Waals surface area contributed by atoms with Crippen LogP contribution in [0.1, 0.15) is 22.4 Å². The van der Waals surface area contributed by atoms with Crippen LogP contribution in [-0.2, 0) is 29.5 Å². The van der Waals surface area contributed by atoms with E-state index in [1.54, 1.807) is 42.6 Å². The van der Waals surface area contributed by atoms with E-state index in [1.807, 2.05) is 6.20 Å². The number of hydrogen-bond donors (Lipinski definition) is 3. The molecule has 3 N–H and O–H groups in total. The van der Waals surface area contributed by atoms with Gasteiger partial charge in [-0.1, -0.05) is 19.1 Å². The van der Waals surface area contributed by atoms with Crippen LogP contribution in [0.25, 0.3) is 0 Å². The molecule has 144 valence electrons. The number of nitrogens with zero attached hydrogens (tertiary/aromatic N) is 2. The Kier molecular flexibility index (Phi) is 9.47. The number of hydrogen-bond acceptors (Lipinski definition) is 5. The summed E-state index contributed by atoms with van der Waals surface area (Å²) in [6, 6.07) is 6.72. The molecule has 0 aliphatic carbocycles. The lowest BCUT2D eigenvalue weighted by Crippen LogP contribution is -2.36. The Morgan fingerprint density at radius 2 is 1.85 bits per heavy atom. The van der Waals surface area contributed by atoms with Crippen LogP contribution in [0.4, 0.5) is 0 Å². The number of aryl methyl sites for hydroxylation is 1. The number of benzene rings is 1. The summed E-state index contributed by atoms with van der Waals surface area (Å²) < 4.78 is 25.7. The summed E-state index contributed by atoms with van der Waals surface area (Å²) in [5, 5.41) is 7.43. The Hall–Kier alpha value is -1.24. The maximum Gasteiger partial charge on any atom is 0.240 e. The van der Waals surface area contributed by atoms with E-state index in [2.05, 4.69) is 32.3 Å². The number of halogens is 1. The lowest BCUT2D eigenvalue weighted by Gasteiger charge is -2.11. The van der Waals surface area contributed by atoms with Gasteiger partial charge in [-0.3, -0.25) is 4.99 Å². The molecule has 1 aromatic heterocycles. The Morgan fingerprint density at radius 3 is 2.38 bits per heavy atom. The predicted molar refractivity (Wildman–Crippen MR) is 117 cm³/mol. The van der Waals surface area contributed by atoms with E-state index < -0.39 is 10.0 Å². The first-order valence-electron chi connectivity index (χ1n) is 7.89. The fourth-order valence-corrected chi connectivity index (χ4v) is 3.60. The zero-order chi connectivity index (χ0) is 18.3. The third kappa shape index (κ3) is 6.49. The molecular formula is C16H24IN5O2S2. The van der Waals surface area contributed by atoms with Crippen molar-refractivity contribution in [2.45, 2.75) is 31.3 Å². The lowest BCUT2D eigenvalue weighted by atomic mass is 10.2. The average molecular weight is 509 g/mol. The molecule has 0 amide bonds. The Bertz CT molecular complexity index is 819. The highest BCUT2D eigenvalue weighted by Gasteiger charge is 2.10. The molecule has 2 rings (SSSR count). The van der Waals surface area contributed by atoms with Crippen molar-refractivity contribution < 1.29 is 8.42 Å². The largest absolute Gasteiger partial charge is 0.352 e. The molecule has 1 heterocycles. The molecule has 0 bridgehead atoms. The van der Waals surface area contributed by atoms with Gasteiger partial charge in [-0.2, -0.15) is 0 Å². The van der Waals surface area contributed by atoms with E-state index in [-0.39, 0.29) is 28.9 Å². The van der Waals surface area contributed by atoms with Gasteiger partial charge in [-0.15, -0.1) is 35.3 Å². The molecule has 0 spiro atoms. The molecule has 26 heavy (non-hydrogen) atoms. The first-order chi connectivity index (χ1) is 12.0. The topological polar surface area (TPSA) is 95.5 Å². The molecule has 2 aromatic rings. The van der Waals surface area contributed by atoms with Gasteiger partial charge in [-0.25, -0.2) is 18.1 Å². The van der Waals surface area contributed by atoms with Crippen molar-refractivity contribution in [1.29, 1.82) is 0 Å². The van der Waals surface area contributed by atoms with Gasteiger partial charge in [0.15, 0.2) is 5.96 Å². The fourth-order valence-electron chi connectivity index (χ4n) is 2.06. The van der Waals surface area contributed by atoms with E-state index in [1.165, 1.54) is 11.9 Å². The SMILES string of the molecule is CCc1cnc(CNC(=NC)NCc2ccc(S(=O)(=O)NC)cc2)s1.I. The van der Waals surface area contributed by atoms with E-state index in [9.17, 15) is 8.42 Å². The van der Waals surface area contributed by atoms with Crippen molar-refractivity contribution in [3.05, 3.63) is 45.9 Å². The molecule has 0 aliphatic heterocycles. The van der Waals surface area contributed by atoms with Crippen molar-refractivity contribution >= 4 is 51.3 Å². The number of aliphatic imine (C=N–C) groups is 1. The maximum absolute atomic E-state index is 11.7. The minimum Gasteiger partial charge on any atom is -0.352 e. The van der Waals surface area contributed by atoms with Crippen LogP contribution in [0.5, 0.6) is 0 Å². The number of thiazole rings is 1. The summed E-state index contributed by atoms with van der Waals surface area (Å²) in [5.41, 5.74) is 0.959. The van der Waals surface area contributed by atoms with Gasteiger partial charge < -0.3 is 10.6 Å². The van der Waals surface area contributed by atoms with Gasteiger partial charge in [0.2, 0.25) is 10.0 Å². The van der Waals surface area contributed by atoms with Crippen molar-refractivity contribution in [1.82, 2.24) is 20.3 Å². The minimum absolute atomic E-state index is 0. The average Bonchev–Trinajstić information content (AvgIpc) is 3.10. The van der Waals surface area contributed by atoms with Crippen molar-refractivity contribution in [3.63, 3.8) is 0 Å². The molecule has 0 radical (unpaired) electrons. The zero-order valence-electron chi connectivity index (χ0n) is 14.9. The first-order valence-corrected chi connectivity index (χ1v) is 10.2. The van der Waals surface area contributed by atoms with Gasteiger partial charge in [0.1, 0.15) is 5.01 Å². The smallest absolute Gasteiger partial charge is 0.240 e. The summed E-state index contributed by atoms with van der Waals surface area (Å²) in [6.45, 7) is 3.26. The second-order valence-corrected chi connectivity index (χ2v) is 8.29. The lowest BCUT2D eigenvalue weighted by molar-refractivity contribution is 0.588. The molecule has 0 saturated carbocycles. The summed E-state index contributed by atoms with van der Waals surface area (Å²) in [5.74, 6) is 0.667. The standard InChI is InChI=1S/C16H23N5O2S2.HI/c1-4-13-10-19-15(24-13)11-21-16(17-2)20-9-12-5-7-14(8-6-12)25(22,23)18-3;/h5-8,10,18H,4,9,11H2,1-3H3,(H2,17,20,21);1H. The first kappa shape index (κ1) is 22.8. The van der Waals surface area contributed by atoms with Gasteiger partial charge in [0.25, 0.3) is 0 Å². The molecule has 7 nitrogen and oxygen atoms in total. The summed E-state index contributed by atoms with van der Waals surface area (Å²) >= 11 is 1.69. The van der Waals surface area contributed by atoms with Crippen molar-refractivity contribution in [2.75, 3.05) is 14.1 Å². The highest BCUT2D eigenvalue weighted by molar-refractivity contribution is 14.0. The molecule has 1 aromatic carbocycles. The molecular weight excluding hydrogens is 485 g/mol. The summed E-state index contributed by atoms with van der Waals surface area (Å²) in [4.78, 5) is 10.1. The van der Waals surface area contributed by atoms with Crippen LogP contribution < -0.4 is 15.4 Å². The normalized spacial score (nSPS) is 11.7. The Labute approximate surface area is 175 Å². The van der Waals surface area contributed by atoms with Crippen LogP contribution in [0.2, 0.25) is 0 Å². The molecule has 0 fully saturated rings. The Morgan fingerprint density at radius 1 is 1.19 bits per heavy atom. The molecule has 0 aliphatic rings. The second kappa shape index (κ2) is 10.8. The minimum atomic E-state index is -3.40. The Balaban J connectivity index is 0.00000338. The number of nitrogens with one attached hydrogen (secondary N) is 3. The highest BCUT2D eigenvalue weighted by atomic mass is 127. The molecule has 10 heteroatoms. The number of aromatic nitrogens is 1. The third-order valence-corrected chi connectivity index (χ3v) is 6.11. The van der Waals surface area contributed by atoms with Crippen LogP contribution in [0.3, 0.4) is 0 Å².